The van der Waals surface area contributed by atoms with Crippen LogP contribution in [0.2, 0.25) is 15.1 Å². The van der Waals surface area contributed by atoms with Gasteiger partial charge in [0.2, 0.25) is 5.91 Å². The summed E-state index contributed by atoms with van der Waals surface area (Å²) in [6.45, 7) is -2.07. The van der Waals surface area contributed by atoms with Crippen molar-refractivity contribution in [2.75, 3.05) is 6.61 Å². The number of hydrogen-bond donors (Lipinski definition) is 3. The van der Waals surface area contributed by atoms with Crippen LogP contribution in [0.5, 0.6) is 0 Å². The zero-order chi connectivity index (χ0) is 28.9. The fraction of sp³-hybridized carbons (Fsp3) is 0.304. The molecule has 10 nitrogen and oxygen atoms in total. The molecule has 4 N–H and O–H groups in total. The highest BCUT2D eigenvalue weighted by Gasteiger charge is 2.39. The smallest absolute Gasteiger partial charge is 0.416 e. The third-order valence-electron chi connectivity index (χ3n) is 5.39. The van der Waals surface area contributed by atoms with Crippen molar-refractivity contribution in [3.05, 3.63) is 73.6 Å². The molecule has 210 valence electrons. The van der Waals surface area contributed by atoms with E-state index in [4.69, 9.17) is 45.3 Å². The van der Waals surface area contributed by atoms with Crippen molar-refractivity contribution < 1.29 is 32.6 Å². The number of nitrogens with one attached hydrogen (secondary N) is 1. The van der Waals surface area contributed by atoms with Gasteiger partial charge in [0.15, 0.2) is 11.9 Å². The molecule has 2 atom stereocenters. The van der Waals surface area contributed by atoms with Gasteiger partial charge in [-0.3, -0.25) is 9.36 Å². The minimum Gasteiger partial charge on any atom is -0.450 e. The fourth-order valence-corrected chi connectivity index (χ4v) is 4.11. The maximum absolute atomic E-state index is 13.1. The Kier molecular flexibility index (Phi) is 9.88. The van der Waals surface area contributed by atoms with E-state index in [1.54, 1.807) is 12.1 Å². The van der Waals surface area contributed by atoms with Gasteiger partial charge in [0.05, 0.1) is 29.2 Å². The van der Waals surface area contributed by atoms with Gasteiger partial charge in [-0.05, 0) is 35.9 Å². The van der Waals surface area contributed by atoms with E-state index in [9.17, 15) is 32.7 Å². The van der Waals surface area contributed by atoms with Gasteiger partial charge in [-0.25, -0.2) is 14.3 Å². The summed E-state index contributed by atoms with van der Waals surface area (Å²) in [5, 5.41) is 16.9. The van der Waals surface area contributed by atoms with Crippen molar-refractivity contribution in [2.45, 2.75) is 37.8 Å². The molecule has 0 aliphatic heterocycles. The molecule has 0 spiro atoms. The summed E-state index contributed by atoms with van der Waals surface area (Å²) in [4.78, 5) is 36.9. The largest absolute Gasteiger partial charge is 0.450 e. The molecule has 3 aromatic rings. The minimum absolute atomic E-state index is 0.0197. The van der Waals surface area contributed by atoms with Crippen molar-refractivity contribution in [2.24, 2.45) is 5.73 Å². The number of alkyl halides is 3. The number of rotatable bonds is 10. The second-order valence-electron chi connectivity index (χ2n) is 8.16. The summed E-state index contributed by atoms with van der Waals surface area (Å²) in [5.74, 6) is -1.00. The second kappa shape index (κ2) is 12.7. The number of amides is 2. The summed E-state index contributed by atoms with van der Waals surface area (Å²) in [6.07, 6.45) is -8.89. The topological polar surface area (TPSA) is 141 Å². The number of ether oxygens (including phenoxy) is 1. The summed E-state index contributed by atoms with van der Waals surface area (Å²) in [5.41, 5.74) is 4.50. The van der Waals surface area contributed by atoms with E-state index in [-0.39, 0.29) is 34.5 Å². The zero-order valence-electron chi connectivity index (χ0n) is 19.8. The van der Waals surface area contributed by atoms with Gasteiger partial charge < -0.3 is 20.9 Å². The Morgan fingerprint density at radius 2 is 1.79 bits per heavy atom. The number of nitrogens with zero attached hydrogens (tertiary/aromatic N) is 3. The van der Waals surface area contributed by atoms with E-state index in [1.165, 1.54) is 30.3 Å². The molecule has 1 heterocycles. The van der Waals surface area contributed by atoms with Crippen LogP contribution < -0.4 is 16.7 Å². The van der Waals surface area contributed by atoms with Gasteiger partial charge in [0, 0.05) is 17.0 Å². The summed E-state index contributed by atoms with van der Waals surface area (Å²) >= 11 is 18.2. The maximum atomic E-state index is 13.1. The molecule has 2 aromatic carbocycles. The monoisotopic (exact) mass is 609 g/mol. The summed E-state index contributed by atoms with van der Waals surface area (Å²) < 4.78 is 45.2. The highest BCUT2D eigenvalue weighted by atomic mass is 35.5. The Hall–Kier alpha value is -3.26. The average molecular weight is 611 g/mol. The number of carbonyl (C=O) groups excluding carboxylic acids is 2. The highest BCUT2D eigenvalue weighted by Crippen LogP contribution is 2.31. The molecular formula is C23H21Cl3F3N5O5. The van der Waals surface area contributed by atoms with E-state index in [2.05, 4.69) is 10.4 Å². The molecule has 0 radical (unpaired) electrons. The molecule has 39 heavy (non-hydrogen) atoms. The molecule has 0 saturated heterocycles. The lowest BCUT2D eigenvalue weighted by Gasteiger charge is -2.20. The Morgan fingerprint density at radius 3 is 2.41 bits per heavy atom. The van der Waals surface area contributed by atoms with Crippen molar-refractivity contribution in [1.29, 1.82) is 0 Å². The predicted molar refractivity (Wildman–Crippen MR) is 136 cm³/mol. The second-order valence-corrected chi connectivity index (χ2v) is 9.38. The Bertz CT molecular complexity index is 1400. The van der Waals surface area contributed by atoms with Crippen LogP contribution in [0.25, 0.3) is 11.4 Å². The first-order valence-electron chi connectivity index (χ1n) is 11.1. The number of aliphatic hydroxyl groups excluding tert-OH is 1. The molecule has 2 amide bonds. The number of aliphatic hydroxyl groups is 1. The first-order chi connectivity index (χ1) is 18.3. The quantitative estimate of drug-likeness (QED) is 0.318. The number of benzene rings is 2. The van der Waals surface area contributed by atoms with Gasteiger partial charge in [0.1, 0.15) is 6.54 Å². The number of hydrogen-bond acceptors (Lipinski definition) is 6. The minimum atomic E-state index is -5.01. The van der Waals surface area contributed by atoms with E-state index < -0.39 is 49.1 Å². The summed E-state index contributed by atoms with van der Waals surface area (Å²) in [7, 11) is 0. The van der Waals surface area contributed by atoms with Gasteiger partial charge in [-0.1, -0.05) is 46.9 Å². The van der Waals surface area contributed by atoms with Crippen LogP contribution in [0.4, 0.5) is 18.0 Å². The number of aromatic nitrogens is 3. The van der Waals surface area contributed by atoms with Crippen LogP contribution >= 0.6 is 34.8 Å². The van der Waals surface area contributed by atoms with Crippen LogP contribution in [0.3, 0.4) is 0 Å². The molecule has 0 fully saturated rings. The Morgan fingerprint density at radius 1 is 1.13 bits per heavy atom. The van der Waals surface area contributed by atoms with E-state index in [1.807, 2.05) is 0 Å². The van der Waals surface area contributed by atoms with Crippen LogP contribution in [-0.2, 0) is 22.6 Å². The van der Waals surface area contributed by atoms with Crippen LogP contribution in [-0.4, -0.2) is 50.3 Å². The van der Waals surface area contributed by atoms with Crippen molar-refractivity contribution in [3.63, 3.8) is 0 Å². The van der Waals surface area contributed by atoms with Gasteiger partial charge in [-0.2, -0.15) is 13.2 Å². The molecule has 16 heteroatoms. The van der Waals surface area contributed by atoms with E-state index >= 15 is 0 Å². The van der Waals surface area contributed by atoms with Gasteiger partial charge >= 0.3 is 18.0 Å². The SMILES string of the molecule is NC(=O)OCCC(NC(=O)Cn1nc(-c2ccc(Cl)cc2)n(CC(O)C(F)(F)F)c1=O)c1cccc(Cl)c1Cl. The molecule has 0 saturated carbocycles. The lowest BCUT2D eigenvalue weighted by Crippen LogP contribution is -2.39. The number of halogens is 6. The van der Waals surface area contributed by atoms with Gasteiger partial charge in [-0.15, -0.1) is 5.10 Å². The fourth-order valence-electron chi connectivity index (χ4n) is 3.55. The van der Waals surface area contributed by atoms with Crippen molar-refractivity contribution in [3.8, 4) is 11.4 Å². The lowest BCUT2D eigenvalue weighted by atomic mass is 10.0. The third kappa shape index (κ3) is 7.88. The molecular weight excluding hydrogens is 590 g/mol. The highest BCUT2D eigenvalue weighted by molar-refractivity contribution is 6.42. The number of nitrogens with two attached hydrogens (primary N) is 1. The first kappa shape index (κ1) is 30.3. The molecule has 0 bridgehead atoms. The van der Waals surface area contributed by atoms with E-state index in [0.29, 0.717) is 19.8 Å². The lowest BCUT2D eigenvalue weighted by molar-refractivity contribution is -0.207. The van der Waals surface area contributed by atoms with E-state index in [0.717, 1.165) is 0 Å². The summed E-state index contributed by atoms with van der Waals surface area (Å²) in [6, 6.07) is 9.52. The molecule has 0 aliphatic rings. The van der Waals surface area contributed by atoms with Crippen LogP contribution in [0.1, 0.15) is 18.0 Å². The molecule has 2 unspecified atom stereocenters. The maximum Gasteiger partial charge on any atom is 0.416 e. The Labute approximate surface area is 234 Å². The average Bonchev–Trinajstić information content (AvgIpc) is 3.14. The molecule has 1 aromatic heterocycles. The molecule has 0 aliphatic carbocycles. The zero-order valence-corrected chi connectivity index (χ0v) is 22.1. The normalized spacial score (nSPS) is 13.1. The van der Waals surface area contributed by atoms with Crippen molar-refractivity contribution >= 4 is 46.8 Å². The van der Waals surface area contributed by atoms with Crippen LogP contribution in [0, 0.1) is 0 Å². The predicted octanol–water partition coefficient (Wildman–Crippen LogP) is 3.94. The van der Waals surface area contributed by atoms with Gasteiger partial charge in [0.25, 0.3) is 0 Å². The standard InChI is InChI=1S/C23H21Cl3F3N5O5/c24-13-6-4-12(5-7-13)20-32-34(22(38)33(20)10-17(35)23(27,28)29)11-18(36)31-16(8-9-39-21(30)37)14-2-1-3-15(25)19(14)26/h1-7,16-17,35H,8-11H2,(H2,30,37)(H,31,36). The molecule has 3 rings (SSSR count). The van der Waals surface area contributed by atoms with Crippen LogP contribution in [0.15, 0.2) is 47.3 Å². The number of primary amides is 1. The first-order valence-corrected chi connectivity index (χ1v) is 12.2. The van der Waals surface area contributed by atoms with Crippen molar-refractivity contribution in [1.82, 2.24) is 19.7 Å². The number of carbonyl (C=O) groups is 2. The Balaban J connectivity index is 1.92. The third-order valence-corrected chi connectivity index (χ3v) is 6.48.